The van der Waals surface area contributed by atoms with Crippen molar-refractivity contribution in [3.8, 4) is 0 Å². The third-order valence-electron chi connectivity index (χ3n) is 7.52. The number of carbonyl (C=O) groups excluding carboxylic acids is 2. The number of carbonyl (C=O) groups is 2. The van der Waals surface area contributed by atoms with Gasteiger partial charge in [-0.1, -0.05) is 12.1 Å². The van der Waals surface area contributed by atoms with Crippen molar-refractivity contribution >= 4 is 17.7 Å². The maximum Gasteiger partial charge on any atom is 0.509 e. The summed E-state index contributed by atoms with van der Waals surface area (Å²) in [7, 11) is 0. The van der Waals surface area contributed by atoms with Crippen LogP contribution in [0.25, 0.3) is 0 Å². The van der Waals surface area contributed by atoms with Gasteiger partial charge in [0, 0.05) is 31.8 Å². The van der Waals surface area contributed by atoms with Crippen molar-refractivity contribution in [2.45, 2.75) is 75.5 Å². The van der Waals surface area contributed by atoms with Crippen LogP contribution >= 0.6 is 0 Å². The van der Waals surface area contributed by atoms with Crippen molar-refractivity contribution in [3.63, 3.8) is 0 Å². The molecule has 1 amide bonds. The maximum absolute atomic E-state index is 13.6. The standard InChI is InChI=1S/C25H32N2O9/c28-23-22(25(16-35-24(29)36-25)15-17-7-9-18(10-8-17)27(30)31)19(26(23)20-5-1-3-12-32-20)11-14-34-21-6-2-4-13-33-21/h7-10,19-22H,1-6,11-16H2/t19-,20?,21?,22-,25?/m1/s1. The number of amides is 1. The van der Waals surface area contributed by atoms with Crippen LogP contribution in [-0.4, -0.2) is 72.5 Å². The highest BCUT2D eigenvalue weighted by Crippen LogP contribution is 2.46. The molecule has 36 heavy (non-hydrogen) atoms. The van der Waals surface area contributed by atoms with Gasteiger partial charge in [-0.15, -0.1) is 0 Å². The van der Waals surface area contributed by atoms with Crippen LogP contribution < -0.4 is 0 Å². The molecule has 0 spiro atoms. The average Bonchev–Trinajstić information content (AvgIpc) is 3.25. The number of nitro benzene ring substituents is 1. The monoisotopic (exact) mass is 504 g/mol. The van der Waals surface area contributed by atoms with Gasteiger partial charge >= 0.3 is 6.16 Å². The third-order valence-corrected chi connectivity index (χ3v) is 7.52. The molecule has 0 bridgehead atoms. The van der Waals surface area contributed by atoms with Crippen LogP contribution in [0.5, 0.6) is 0 Å². The molecule has 4 heterocycles. The lowest BCUT2D eigenvalue weighted by Crippen LogP contribution is -2.72. The zero-order chi connectivity index (χ0) is 25.1. The van der Waals surface area contributed by atoms with E-state index in [9.17, 15) is 19.7 Å². The van der Waals surface area contributed by atoms with Gasteiger partial charge in [0.05, 0.1) is 17.6 Å². The van der Waals surface area contributed by atoms with Gasteiger partial charge in [-0.05, 0) is 50.5 Å². The Kier molecular flexibility index (Phi) is 7.40. The van der Waals surface area contributed by atoms with Gasteiger partial charge in [0.15, 0.2) is 11.9 Å². The number of nitrogens with zero attached hydrogens (tertiary/aromatic N) is 2. The summed E-state index contributed by atoms with van der Waals surface area (Å²) >= 11 is 0. The van der Waals surface area contributed by atoms with Crippen LogP contribution in [-0.2, 0) is 34.9 Å². The summed E-state index contributed by atoms with van der Waals surface area (Å²) in [6.07, 6.45) is 5.00. The van der Waals surface area contributed by atoms with Crippen LogP contribution in [0.15, 0.2) is 24.3 Å². The van der Waals surface area contributed by atoms with E-state index in [0.29, 0.717) is 31.8 Å². The van der Waals surface area contributed by atoms with Gasteiger partial charge in [0.25, 0.3) is 5.69 Å². The van der Waals surface area contributed by atoms with E-state index >= 15 is 0 Å². The molecule has 11 nitrogen and oxygen atoms in total. The van der Waals surface area contributed by atoms with Gasteiger partial charge in [0.1, 0.15) is 18.8 Å². The van der Waals surface area contributed by atoms with E-state index in [0.717, 1.165) is 38.5 Å². The predicted molar refractivity (Wildman–Crippen MR) is 124 cm³/mol. The normalized spacial score (nSPS) is 32.5. The van der Waals surface area contributed by atoms with Crippen molar-refractivity contribution in [2.24, 2.45) is 5.92 Å². The fourth-order valence-corrected chi connectivity index (χ4v) is 5.75. The smallest absolute Gasteiger partial charge is 0.430 e. The molecule has 196 valence electrons. The minimum absolute atomic E-state index is 0.0345. The first kappa shape index (κ1) is 24.9. The van der Waals surface area contributed by atoms with Gasteiger partial charge < -0.3 is 28.6 Å². The van der Waals surface area contributed by atoms with Crippen LogP contribution in [0.4, 0.5) is 10.5 Å². The second-order valence-corrected chi connectivity index (χ2v) is 9.87. The molecule has 4 saturated heterocycles. The summed E-state index contributed by atoms with van der Waals surface area (Å²) in [5, 5.41) is 11.0. The first-order valence-corrected chi connectivity index (χ1v) is 12.7. The first-order valence-electron chi connectivity index (χ1n) is 12.7. The molecule has 0 aliphatic carbocycles. The Labute approximate surface area is 209 Å². The highest BCUT2D eigenvalue weighted by Gasteiger charge is 2.64. The van der Waals surface area contributed by atoms with Gasteiger partial charge in [-0.3, -0.25) is 14.9 Å². The lowest BCUT2D eigenvalue weighted by molar-refractivity contribution is -0.384. The fraction of sp³-hybridized carbons (Fsp3) is 0.680. The number of hydrogen-bond acceptors (Lipinski definition) is 9. The molecular weight excluding hydrogens is 472 g/mol. The second-order valence-electron chi connectivity index (χ2n) is 9.87. The average molecular weight is 505 g/mol. The number of cyclic esters (lactones) is 2. The molecule has 1 aromatic rings. The van der Waals surface area contributed by atoms with Crippen molar-refractivity contribution in [2.75, 3.05) is 26.4 Å². The Bertz CT molecular complexity index is 959. The number of likely N-dealkylation sites (tertiary alicyclic amines) is 1. The minimum Gasteiger partial charge on any atom is -0.430 e. The molecule has 5 rings (SSSR count). The van der Waals surface area contributed by atoms with E-state index in [1.165, 1.54) is 12.1 Å². The SMILES string of the molecule is O=C1OCC(Cc2ccc([N+](=O)[O-])cc2)([C@H]2C(=O)N(C3CCCCO3)[C@@H]2CCOC2CCCCO2)O1. The van der Waals surface area contributed by atoms with E-state index in [2.05, 4.69) is 0 Å². The van der Waals surface area contributed by atoms with E-state index in [1.54, 1.807) is 17.0 Å². The molecule has 5 atom stereocenters. The van der Waals surface area contributed by atoms with Crippen molar-refractivity contribution in [3.05, 3.63) is 39.9 Å². The number of benzene rings is 1. The summed E-state index contributed by atoms with van der Waals surface area (Å²) in [6.45, 7) is 1.61. The molecule has 0 saturated carbocycles. The molecule has 1 aromatic carbocycles. The number of nitro groups is 1. The number of rotatable bonds is 9. The number of non-ortho nitro benzene ring substituents is 1. The summed E-state index contributed by atoms with van der Waals surface area (Å²) in [4.78, 5) is 38.1. The molecule has 0 aromatic heterocycles. The maximum atomic E-state index is 13.6. The zero-order valence-corrected chi connectivity index (χ0v) is 20.2. The lowest BCUT2D eigenvalue weighted by Gasteiger charge is -2.55. The molecular formula is C25H32N2O9. The van der Waals surface area contributed by atoms with Crippen molar-refractivity contribution in [1.82, 2.24) is 4.90 Å². The lowest BCUT2D eigenvalue weighted by atomic mass is 9.70. The second kappa shape index (κ2) is 10.7. The molecule has 0 radical (unpaired) electrons. The Balaban J connectivity index is 1.36. The summed E-state index contributed by atoms with van der Waals surface area (Å²) in [5.41, 5.74) is -0.529. The third kappa shape index (κ3) is 5.05. The summed E-state index contributed by atoms with van der Waals surface area (Å²) < 4.78 is 28.5. The van der Waals surface area contributed by atoms with Gasteiger partial charge in [-0.2, -0.15) is 0 Å². The van der Waals surface area contributed by atoms with Crippen LogP contribution in [0.3, 0.4) is 0 Å². The number of β-lactam (4-membered cyclic amide) rings is 1. The van der Waals surface area contributed by atoms with Crippen LogP contribution in [0.1, 0.15) is 50.5 Å². The Morgan fingerprint density at radius 3 is 2.42 bits per heavy atom. The number of ether oxygens (including phenoxy) is 5. The quantitative estimate of drug-likeness (QED) is 0.215. The molecule has 3 unspecified atom stereocenters. The Hall–Kier alpha value is -2.76. The van der Waals surface area contributed by atoms with Gasteiger partial charge in [0.2, 0.25) is 5.91 Å². The Morgan fingerprint density at radius 2 is 1.81 bits per heavy atom. The Morgan fingerprint density at radius 1 is 1.06 bits per heavy atom. The van der Waals surface area contributed by atoms with E-state index in [1.807, 2.05) is 0 Å². The molecule has 4 fully saturated rings. The summed E-state index contributed by atoms with van der Waals surface area (Å²) in [6, 6.07) is 5.78. The van der Waals surface area contributed by atoms with E-state index < -0.39 is 22.6 Å². The molecule has 11 heteroatoms. The minimum atomic E-state index is -1.21. The first-order chi connectivity index (χ1) is 17.5. The highest BCUT2D eigenvalue weighted by molar-refractivity contribution is 5.88. The predicted octanol–water partition coefficient (Wildman–Crippen LogP) is 3.33. The van der Waals surface area contributed by atoms with Crippen LogP contribution in [0, 0.1) is 16.0 Å². The van der Waals surface area contributed by atoms with Crippen LogP contribution in [0.2, 0.25) is 0 Å². The van der Waals surface area contributed by atoms with E-state index in [4.69, 9.17) is 23.7 Å². The van der Waals surface area contributed by atoms with Crippen molar-refractivity contribution in [1.29, 1.82) is 0 Å². The van der Waals surface area contributed by atoms with Gasteiger partial charge in [-0.25, -0.2) is 4.79 Å². The topological polar surface area (TPSA) is 127 Å². The molecule has 4 aliphatic heterocycles. The highest BCUT2D eigenvalue weighted by atomic mass is 16.8. The van der Waals surface area contributed by atoms with Crippen molar-refractivity contribution < 1.29 is 38.2 Å². The summed E-state index contributed by atoms with van der Waals surface area (Å²) in [5.74, 6) is -0.776. The molecule has 0 N–H and O–H groups in total. The largest absolute Gasteiger partial charge is 0.509 e. The molecule has 4 aliphatic rings. The number of hydrogen-bond donors (Lipinski definition) is 0. The van der Waals surface area contributed by atoms with E-state index in [-0.39, 0.29) is 43.2 Å². The fourth-order valence-electron chi connectivity index (χ4n) is 5.75. The zero-order valence-electron chi connectivity index (χ0n) is 20.2.